The van der Waals surface area contributed by atoms with Crippen LogP contribution in [0.5, 0.6) is 5.75 Å². The van der Waals surface area contributed by atoms with Crippen LogP contribution in [-0.2, 0) is 6.42 Å². The van der Waals surface area contributed by atoms with Crippen molar-refractivity contribution < 1.29 is 9.84 Å². The number of methoxy groups -OCH3 is 1. The van der Waals surface area contributed by atoms with Gasteiger partial charge in [-0.1, -0.05) is 6.07 Å². The molecule has 3 nitrogen and oxygen atoms in total. The molecule has 0 amide bonds. The number of hydrogen-bond donors (Lipinski definition) is 2. The van der Waals surface area contributed by atoms with Gasteiger partial charge in [-0.05, 0) is 43.0 Å². The lowest BCUT2D eigenvalue weighted by molar-refractivity contribution is 0.261. The minimum absolute atomic E-state index is 0.0210. The number of ether oxygens (including phenoxy) is 1. The van der Waals surface area contributed by atoms with Crippen molar-refractivity contribution >= 4 is 0 Å². The van der Waals surface area contributed by atoms with Crippen LogP contribution in [0.25, 0.3) is 0 Å². The van der Waals surface area contributed by atoms with Crippen LogP contribution < -0.4 is 10.1 Å². The van der Waals surface area contributed by atoms with Crippen molar-refractivity contribution in [2.75, 3.05) is 20.4 Å². The molecule has 0 fully saturated rings. The molecule has 84 valence electrons. The van der Waals surface area contributed by atoms with E-state index in [0.29, 0.717) is 0 Å². The van der Waals surface area contributed by atoms with E-state index in [1.165, 1.54) is 16.7 Å². The van der Waals surface area contributed by atoms with Gasteiger partial charge in [0, 0.05) is 6.54 Å². The van der Waals surface area contributed by atoms with Gasteiger partial charge in [-0.25, -0.2) is 0 Å². The van der Waals surface area contributed by atoms with Gasteiger partial charge in [0.25, 0.3) is 0 Å². The summed E-state index contributed by atoms with van der Waals surface area (Å²) in [6.07, 6.45) is 0.866. The van der Waals surface area contributed by atoms with Crippen molar-refractivity contribution in [1.29, 1.82) is 0 Å². The van der Waals surface area contributed by atoms with Gasteiger partial charge in [0.15, 0.2) is 0 Å². The molecule has 3 heteroatoms. The van der Waals surface area contributed by atoms with E-state index in [0.717, 1.165) is 18.7 Å². The summed E-state index contributed by atoms with van der Waals surface area (Å²) in [5.74, 6) is 0.929. The molecule has 0 unspecified atom stereocenters. The lowest BCUT2D eigenvalue weighted by Gasteiger charge is -2.11. The summed E-state index contributed by atoms with van der Waals surface area (Å²) in [6.45, 7) is 4.95. The molecule has 0 radical (unpaired) electrons. The average Bonchev–Trinajstić information content (AvgIpc) is 2.23. The summed E-state index contributed by atoms with van der Waals surface area (Å²) in [5.41, 5.74) is 3.70. The normalized spacial score (nSPS) is 10.4. The second-order valence-corrected chi connectivity index (χ2v) is 3.66. The maximum absolute atomic E-state index is 8.63. The molecule has 0 aliphatic carbocycles. The average molecular weight is 209 g/mol. The minimum Gasteiger partial charge on any atom is -0.496 e. The second kappa shape index (κ2) is 5.73. The van der Waals surface area contributed by atoms with Crippen LogP contribution in [0.1, 0.15) is 16.7 Å². The third-order valence-electron chi connectivity index (χ3n) is 2.58. The van der Waals surface area contributed by atoms with E-state index in [9.17, 15) is 0 Å². The maximum Gasteiger partial charge on any atom is 0.122 e. The first kappa shape index (κ1) is 12.0. The Labute approximate surface area is 91.1 Å². The predicted octanol–water partition coefficient (Wildman–Crippen LogP) is 1.39. The molecule has 1 rings (SSSR count). The Balaban J connectivity index is 2.80. The fourth-order valence-electron chi connectivity index (χ4n) is 1.54. The van der Waals surface area contributed by atoms with Crippen LogP contribution >= 0.6 is 0 Å². The van der Waals surface area contributed by atoms with Gasteiger partial charge in [-0.15, -0.1) is 0 Å². The number of nitrogens with one attached hydrogen (secondary N) is 1. The summed E-state index contributed by atoms with van der Waals surface area (Å²) < 4.78 is 5.32. The van der Waals surface area contributed by atoms with Crippen LogP contribution in [0.3, 0.4) is 0 Å². The first-order valence-electron chi connectivity index (χ1n) is 5.14. The summed E-state index contributed by atoms with van der Waals surface area (Å²) >= 11 is 0. The molecule has 0 saturated carbocycles. The first-order valence-corrected chi connectivity index (χ1v) is 5.14. The van der Waals surface area contributed by atoms with Crippen LogP contribution in [0.15, 0.2) is 12.1 Å². The number of rotatable bonds is 5. The highest BCUT2D eigenvalue weighted by Gasteiger charge is 2.05. The number of aryl methyl sites for hydroxylation is 2. The van der Waals surface area contributed by atoms with Crippen molar-refractivity contribution in [3.05, 3.63) is 28.8 Å². The zero-order chi connectivity index (χ0) is 11.3. The first-order chi connectivity index (χ1) is 7.19. The molecule has 0 aliphatic heterocycles. The van der Waals surface area contributed by atoms with Gasteiger partial charge in [0.2, 0.25) is 0 Å². The highest BCUT2D eigenvalue weighted by Crippen LogP contribution is 2.23. The minimum atomic E-state index is 0.0210. The number of aliphatic hydroxyl groups excluding tert-OH is 1. The van der Waals surface area contributed by atoms with E-state index in [1.54, 1.807) is 7.11 Å². The molecule has 15 heavy (non-hydrogen) atoms. The van der Waals surface area contributed by atoms with Crippen molar-refractivity contribution in [1.82, 2.24) is 5.32 Å². The zero-order valence-corrected chi connectivity index (χ0v) is 9.63. The van der Waals surface area contributed by atoms with Crippen LogP contribution in [0, 0.1) is 13.8 Å². The van der Waals surface area contributed by atoms with Gasteiger partial charge in [-0.2, -0.15) is 0 Å². The van der Waals surface area contributed by atoms with Gasteiger partial charge >= 0.3 is 0 Å². The van der Waals surface area contributed by atoms with Gasteiger partial charge < -0.3 is 9.84 Å². The molecule has 2 N–H and O–H groups in total. The zero-order valence-electron chi connectivity index (χ0n) is 9.63. The number of aliphatic hydroxyl groups is 1. The topological polar surface area (TPSA) is 41.5 Å². The summed E-state index contributed by atoms with van der Waals surface area (Å²) in [7, 11) is 1.69. The Bertz CT molecular complexity index is 324. The Morgan fingerprint density at radius 2 is 1.93 bits per heavy atom. The second-order valence-electron chi connectivity index (χ2n) is 3.66. The maximum atomic E-state index is 8.63. The molecule has 0 aliphatic rings. The van der Waals surface area contributed by atoms with E-state index in [4.69, 9.17) is 9.84 Å². The predicted molar refractivity (Wildman–Crippen MR) is 61.3 cm³/mol. The molecule has 0 heterocycles. The van der Waals surface area contributed by atoms with Crippen LogP contribution in [0.4, 0.5) is 0 Å². The van der Waals surface area contributed by atoms with E-state index in [2.05, 4.69) is 31.3 Å². The molecular formula is C12H19NO2. The molecule has 0 aromatic heterocycles. The van der Waals surface area contributed by atoms with Crippen LogP contribution in [-0.4, -0.2) is 25.5 Å². The van der Waals surface area contributed by atoms with Crippen molar-refractivity contribution in [2.24, 2.45) is 0 Å². The van der Waals surface area contributed by atoms with E-state index < -0.39 is 0 Å². The molecule has 0 atom stereocenters. The van der Waals surface area contributed by atoms with E-state index >= 15 is 0 Å². The Morgan fingerprint density at radius 1 is 1.27 bits per heavy atom. The largest absolute Gasteiger partial charge is 0.496 e. The van der Waals surface area contributed by atoms with Gasteiger partial charge in [0.05, 0.1) is 13.8 Å². The number of benzene rings is 1. The fraction of sp³-hybridized carbons (Fsp3) is 0.500. The van der Waals surface area contributed by atoms with Gasteiger partial charge in [0.1, 0.15) is 5.75 Å². The monoisotopic (exact) mass is 209 g/mol. The van der Waals surface area contributed by atoms with E-state index in [1.807, 2.05) is 0 Å². The van der Waals surface area contributed by atoms with Crippen molar-refractivity contribution in [3.8, 4) is 5.75 Å². The molecule has 0 saturated heterocycles. The number of hydrogen-bond acceptors (Lipinski definition) is 3. The Morgan fingerprint density at radius 3 is 2.53 bits per heavy atom. The molecule has 0 spiro atoms. The highest BCUT2D eigenvalue weighted by atomic mass is 16.5. The van der Waals surface area contributed by atoms with Crippen LogP contribution in [0.2, 0.25) is 0 Å². The SMILES string of the molecule is COc1cc(C)c(C)cc1CCNCO. The molecule has 1 aromatic carbocycles. The molecule has 1 aromatic rings. The molecule has 0 bridgehead atoms. The standard InChI is InChI=1S/C12H19NO2/c1-9-6-11(4-5-13-8-14)12(15-3)7-10(9)2/h6-7,13-14H,4-5,8H2,1-3H3. The Kier molecular flexibility index (Phi) is 4.59. The summed E-state index contributed by atoms with van der Waals surface area (Å²) in [5, 5.41) is 11.5. The van der Waals surface area contributed by atoms with Crippen molar-refractivity contribution in [2.45, 2.75) is 20.3 Å². The third-order valence-corrected chi connectivity index (χ3v) is 2.58. The summed E-state index contributed by atoms with van der Waals surface area (Å²) in [6, 6.07) is 4.21. The molecular weight excluding hydrogens is 190 g/mol. The lowest BCUT2D eigenvalue weighted by Crippen LogP contribution is -2.18. The smallest absolute Gasteiger partial charge is 0.122 e. The third kappa shape index (κ3) is 3.22. The Hall–Kier alpha value is -1.06. The lowest BCUT2D eigenvalue weighted by atomic mass is 10.0. The fourth-order valence-corrected chi connectivity index (χ4v) is 1.54. The van der Waals surface area contributed by atoms with E-state index in [-0.39, 0.29) is 6.73 Å². The van der Waals surface area contributed by atoms with Crippen molar-refractivity contribution in [3.63, 3.8) is 0 Å². The van der Waals surface area contributed by atoms with Gasteiger partial charge in [-0.3, -0.25) is 5.32 Å². The highest BCUT2D eigenvalue weighted by molar-refractivity contribution is 5.41. The summed E-state index contributed by atoms with van der Waals surface area (Å²) in [4.78, 5) is 0. The quantitative estimate of drug-likeness (QED) is 0.569.